The number of carbonyl (C=O) groups is 1. The first-order chi connectivity index (χ1) is 8.34. The Bertz CT molecular complexity index is 510. The second-order valence-corrected chi connectivity index (χ2v) is 6.64. The molecule has 18 heavy (non-hydrogen) atoms. The summed E-state index contributed by atoms with van der Waals surface area (Å²) in [4.78, 5) is 12.2. The van der Waals surface area contributed by atoms with E-state index in [-0.39, 0.29) is 10.1 Å². The maximum absolute atomic E-state index is 11.4. The van der Waals surface area contributed by atoms with Gasteiger partial charge in [-0.1, -0.05) is 0 Å². The van der Waals surface area contributed by atoms with Gasteiger partial charge in [0, 0.05) is 18.5 Å². The van der Waals surface area contributed by atoms with E-state index in [1.54, 1.807) is 13.0 Å². The molecule has 6 nitrogen and oxygen atoms in total. The Kier molecular flexibility index (Phi) is 5.27. The number of hydrogen-bond acceptors (Lipinski definition) is 5. The molecule has 8 heteroatoms. The molecule has 0 aliphatic rings. The van der Waals surface area contributed by atoms with Gasteiger partial charge in [-0.2, -0.15) is 0 Å². The predicted octanol–water partition coefficient (Wildman–Crippen LogP) is 0.0891. The fourth-order valence-corrected chi connectivity index (χ4v) is 2.98. The molecule has 102 valence electrons. The number of rotatable bonds is 6. The van der Waals surface area contributed by atoms with Crippen molar-refractivity contribution >= 4 is 27.3 Å². The summed E-state index contributed by atoms with van der Waals surface area (Å²) in [5.74, 6) is -0.194. The lowest BCUT2D eigenvalue weighted by molar-refractivity contribution is -0.129. The van der Waals surface area contributed by atoms with Gasteiger partial charge in [-0.3, -0.25) is 4.79 Å². The average Bonchev–Trinajstić information content (AvgIpc) is 2.76. The van der Waals surface area contributed by atoms with E-state index in [1.165, 1.54) is 13.2 Å². The van der Waals surface area contributed by atoms with E-state index in [1.807, 2.05) is 0 Å². The normalized spacial score (nSPS) is 13.3. The van der Waals surface area contributed by atoms with Gasteiger partial charge in [0.15, 0.2) is 0 Å². The lowest BCUT2D eigenvalue weighted by Crippen LogP contribution is -2.34. The number of carbonyl (C=O) groups excluding carboxylic acids is 1. The van der Waals surface area contributed by atoms with Crippen molar-refractivity contribution in [2.24, 2.45) is 5.14 Å². The average molecular weight is 292 g/mol. The summed E-state index contributed by atoms with van der Waals surface area (Å²) in [6.07, 6.45) is 0.0656. The number of amides is 1. The summed E-state index contributed by atoms with van der Waals surface area (Å²) >= 11 is 1.11. The van der Waals surface area contributed by atoms with Gasteiger partial charge in [-0.25, -0.2) is 13.6 Å². The van der Waals surface area contributed by atoms with Gasteiger partial charge in [0.05, 0.1) is 0 Å². The van der Waals surface area contributed by atoms with Crippen LogP contribution in [0.25, 0.3) is 0 Å². The topological polar surface area (TPSA) is 98.5 Å². The molecule has 1 heterocycles. The van der Waals surface area contributed by atoms with Gasteiger partial charge >= 0.3 is 0 Å². The van der Waals surface area contributed by atoms with E-state index >= 15 is 0 Å². The molecule has 1 aromatic heterocycles. The third-order valence-corrected chi connectivity index (χ3v) is 4.89. The Morgan fingerprint density at radius 2 is 2.22 bits per heavy atom. The minimum atomic E-state index is -3.63. The van der Waals surface area contributed by atoms with Crippen molar-refractivity contribution in [3.8, 4) is 0 Å². The molecular weight excluding hydrogens is 276 g/mol. The molecule has 1 atom stereocenters. The summed E-state index contributed by atoms with van der Waals surface area (Å²) in [6, 6.07) is 3.16. The smallest absolute Gasteiger partial charge is 0.248 e. The highest BCUT2D eigenvalue weighted by atomic mass is 32.2. The summed E-state index contributed by atoms with van der Waals surface area (Å²) in [5, 5.41) is 7.69. The minimum Gasteiger partial charge on any atom is -0.372 e. The zero-order valence-electron chi connectivity index (χ0n) is 10.2. The molecule has 1 amide bonds. The second-order valence-electron chi connectivity index (χ2n) is 3.68. The largest absolute Gasteiger partial charge is 0.372 e. The van der Waals surface area contributed by atoms with Crippen molar-refractivity contribution in [1.82, 2.24) is 5.32 Å². The number of sulfonamides is 1. The Morgan fingerprint density at radius 3 is 2.72 bits per heavy atom. The van der Waals surface area contributed by atoms with Crippen molar-refractivity contribution in [2.45, 2.75) is 23.7 Å². The molecule has 0 saturated heterocycles. The maximum atomic E-state index is 11.4. The Morgan fingerprint density at radius 1 is 1.56 bits per heavy atom. The number of thiophene rings is 1. The van der Waals surface area contributed by atoms with E-state index < -0.39 is 16.1 Å². The third kappa shape index (κ3) is 4.37. The van der Waals surface area contributed by atoms with Crippen LogP contribution in [0.3, 0.4) is 0 Å². The summed E-state index contributed by atoms with van der Waals surface area (Å²) in [6.45, 7) is 2.08. The maximum Gasteiger partial charge on any atom is 0.248 e. The van der Waals surface area contributed by atoms with Crippen LogP contribution in [0, 0.1) is 0 Å². The van der Waals surface area contributed by atoms with E-state index in [2.05, 4.69) is 5.32 Å². The van der Waals surface area contributed by atoms with Crippen molar-refractivity contribution < 1.29 is 17.9 Å². The molecule has 0 spiro atoms. The van der Waals surface area contributed by atoms with E-state index in [0.29, 0.717) is 13.0 Å². The number of nitrogens with one attached hydrogen (secondary N) is 1. The monoisotopic (exact) mass is 292 g/mol. The van der Waals surface area contributed by atoms with Crippen molar-refractivity contribution in [3.63, 3.8) is 0 Å². The molecule has 0 fully saturated rings. The molecule has 3 N–H and O–H groups in total. The number of methoxy groups -OCH3 is 1. The molecule has 1 rings (SSSR count). The fraction of sp³-hybridized carbons (Fsp3) is 0.500. The van der Waals surface area contributed by atoms with E-state index in [0.717, 1.165) is 16.2 Å². The van der Waals surface area contributed by atoms with Crippen molar-refractivity contribution in [2.75, 3.05) is 13.7 Å². The summed E-state index contributed by atoms with van der Waals surface area (Å²) in [5.41, 5.74) is 0. The molecular formula is C10H16N2O4S2. The molecule has 0 bridgehead atoms. The quantitative estimate of drug-likeness (QED) is 0.776. The summed E-state index contributed by atoms with van der Waals surface area (Å²) < 4.78 is 27.1. The zero-order chi connectivity index (χ0) is 13.8. The van der Waals surface area contributed by atoms with E-state index in [9.17, 15) is 13.2 Å². The van der Waals surface area contributed by atoms with Gasteiger partial charge in [-0.15, -0.1) is 11.3 Å². The highest BCUT2D eigenvalue weighted by Gasteiger charge is 2.12. The zero-order valence-corrected chi connectivity index (χ0v) is 11.8. The third-order valence-electron chi connectivity index (χ3n) is 2.31. The number of primary sulfonamides is 1. The minimum absolute atomic E-state index is 0.133. The first-order valence-electron chi connectivity index (χ1n) is 5.26. The molecule has 0 aromatic carbocycles. The van der Waals surface area contributed by atoms with Crippen molar-refractivity contribution in [1.29, 1.82) is 0 Å². The number of nitrogens with two attached hydrogens (primary N) is 1. The summed E-state index contributed by atoms with van der Waals surface area (Å²) in [7, 11) is -2.17. The number of ether oxygens (including phenoxy) is 1. The lowest BCUT2D eigenvalue weighted by atomic mass is 10.3. The Balaban J connectivity index is 2.46. The van der Waals surface area contributed by atoms with Gasteiger partial charge in [0.2, 0.25) is 15.9 Å². The van der Waals surface area contributed by atoms with Crippen LogP contribution in [0.2, 0.25) is 0 Å². The van der Waals surface area contributed by atoms with Crippen LogP contribution in [-0.2, 0) is 26.0 Å². The van der Waals surface area contributed by atoms with Crippen LogP contribution in [0.1, 0.15) is 11.8 Å². The molecule has 0 aliphatic heterocycles. The van der Waals surface area contributed by atoms with Gasteiger partial charge in [-0.05, 0) is 25.5 Å². The lowest BCUT2D eigenvalue weighted by Gasteiger charge is -2.09. The van der Waals surface area contributed by atoms with Gasteiger partial charge in [0.25, 0.3) is 0 Å². The Hall–Kier alpha value is -0.960. The molecule has 0 aliphatic carbocycles. The fourth-order valence-electron chi connectivity index (χ4n) is 1.21. The van der Waals surface area contributed by atoms with Gasteiger partial charge in [0.1, 0.15) is 10.3 Å². The SMILES string of the molecule is COC(C)C(=O)NCCc1ccc(S(N)(=O)=O)s1. The standard InChI is InChI=1S/C10H16N2O4S2/c1-7(16-2)10(13)12-6-5-8-3-4-9(17-8)18(11,14)15/h3-4,7H,5-6H2,1-2H3,(H,12,13)(H2,11,14,15). The van der Waals surface area contributed by atoms with Crippen LogP contribution in [0.4, 0.5) is 0 Å². The highest BCUT2D eigenvalue weighted by Crippen LogP contribution is 2.20. The highest BCUT2D eigenvalue weighted by molar-refractivity contribution is 7.91. The number of hydrogen-bond donors (Lipinski definition) is 2. The molecule has 0 radical (unpaired) electrons. The van der Waals surface area contributed by atoms with E-state index in [4.69, 9.17) is 9.88 Å². The van der Waals surface area contributed by atoms with Crippen LogP contribution in [0.5, 0.6) is 0 Å². The molecule has 1 aromatic rings. The van der Waals surface area contributed by atoms with Gasteiger partial charge < -0.3 is 10.1 Å². The second kappa shape index (κ2) is 6.28. The molecule has 1 unspecified atom stereocenters. The Labute approximate surface area is 110 Å². The van der Waals surface area contributed by atoms with Crippen LogP contribution in [0.15, 0.2) is 16.3 Å². The van der Waals surface area contributed by atoms with Crippen LogP contribution >= 0.6 is 11.3 Å². The predicted molar refractivity (Wildman–Crippen MR) is 68.9 cm³/mol. The first-order valence-corrected chi connectivity index (χ1v) is 7.63. The first kappa shape index (κ1) is 15.1. The van der Waals surface area contributed by atoms with Crippen molar-refractivity contribution in [3.05, 3.63) is 17.0 Å². The van der Waals surface area contributed by atoms with Crippen LogP contribution in [-0.4, -0.2) is 34.1 Å². The molecule has 0 saturated carbocycles. The van der Waals surface area contributed by atoms with Crippen LogP contribution < -0.4 is 10.5 Å².